The van der Waals surface area contributed by atoms with Crippen molar-refractivity contribution in [2.24, 2.45) is 0 Å². The molecule has 1 atom stereocenters. The first kappa shape index (κ1) is 16.6. The SMILES string of the molecule is Cc1nc2ccccc2n2c(-c3cc(C4CNCCO4)ccc3Cl)nnc12. The molecule has 0 spiro atoms. The van der Waals surface area contributed by atoms with E-state index >= 15 is 0 Å². The van der Waals surface area contributed by atoms with E-state index in [1.54, 1.807) is 0 Å². The standard InChI is InChI=1S/C20H18ClN5O/c1-12-19-24-25-20(26(19)17-5-3-2-4-16(17)23-12)14-10-13(6-7-15(14)21)18-11-22-8-9-27-18/h2-7,10,18,22H,8-9,11H2,1H3. The van der Waals surface area contributed by atoms with Crippen molar-refractivity contribution in [3.05, 3.63) is 58.7 Å². The Kier molecular flexibility index (Phi) is 4.04. The van der Waals surface area contributed by atoms with Gasteiger partial charge in [0.1, 0.15) is 0 Å². The number of nitrogens with one attached hydrogen (secondary N) is 1. The number of para-hydroxylation sites is 2. The van der Waals surface area contributed by atoms with Gasteiger partial charge in [0.15, 0.2) is 11.5 Å². The van der Waals surface area contributed by atoms with Gasteiger partial charge >= 0.3 is 0 Å². The summed E-state index contributed by atoms with van der Waals surface area (Å²) in [5, 5.41) is 12.8. The Morgan fingerprint density at radius 3 is 2.93 bits per heavy atom. The summed E-state index contributed by atoms with van der Waals surface area (Å²) in [6.45, 7) is 4.31. The molecular formula is C20H18ClN5O. The van der Waals surface area contributed by atoms with E-state index in [9.17, 15) is 0 Å². The molecule has 136 valence electrons. The van der Waals surface area contributed by atoms with Crippen molar-refractivity contribution in [3.8, 4) is 11.4 Å². The Morgan fingerprint density at radius 1 is 1.19 bits per heavy atom. The summed E-state index contributed by atoms with van der Waals surface area (Å²) in [5.74, 6) is 0.710. The van der Waals surface area contributed by atoms with Gasteiger partial charge in [-0.25, -0.2) is 4.98 Å². The van der Waals surface area contributed by atoms with Gasteiger partial charge in [-0.05, 0) is 36.8 Å². The third-order valence-electron chi connectivity index (χ3n) is 4.93. The van der Waals surface area contributed by atoms with Gasteiger partial charge < -0.3 is 10.1 Å². The highest BCUT2D eigenvalue weighted by Crippen LogP contribution is 2.32. The normalized spacial score (nSPS) is 17.6. The summed E-state index contributed by atoms with van der Waals surface area (Å²) in [6, 6.07) is 14.0. The first-order chi connectivity index (χ1) is 13.2. The predicted octanol–water partition coefficient (Wildman–Crippen LogP) is 3.57. The number of morpholine rings is 1. The first-order valence-electron chi connectivity index (χ1n) is 8.95. The Labute approximate surface area is 161 Å². The molecule has 0 aliphatic carbocycles. The van der Waals surface area contributed by atoms with Crippen LogP contribution in [-0.4, -0.2) is 39.3 Å². The fourth-order valence-electron chi connectivity index (χ4n) is 3.59. The van der Waals surface area contributed by atoms with Gasteiger partial charge in [0.2, 0.25) is 0 Å². The number of fused-ring (bicyclic) bond motifs is 3. The van der Waals surface area contributed by atoms with Crippen LogP contribution >= 0.6 is 11.6 Å². The molecule has 0 amide bonds. The minimum Gasteiger partial charge on any atom is -0.371 e. The maximum atomic E-state index is 6.56. The number of benzene rings is 2. The summed E-state index contributed by atoms with van der Waals surface area (Å²) in [6.07, 6.45) is 0.00843. The quantitative estimate of drug-likeness (QED) is 0.577. The minimum atomic E-state index is 0.00843. The number of nitrogens with zero attached hydrogens (tertiary/aromatic N) is 4. The lowest BCUT2D eigenvalue weighted by molar-refractivity contribution is 0.0277. The second-order valence-corrected chi connectivity index (χ2v) is 7.08. The van der Waals surface area contributed by atoms with Crippen LogP contribution in [0.5, 0.6) is 0 Å². The number of aryl methyl sites for hydroxylation is 1. The molecule has 27 heavy (non-hydrogen) atoms. The molecule has 1 aliphatic heterocycles. The maximum absolute atomic E-state index is 6.56. The molecule has 3 heterocycles. The number of hydrogen-bond acceptors (Lipinski definition) is 5. The molecule has 5 rings (SSSR count). The molecule has 6 nitrogen and oxygen atoms in total. The molecular weight excluding hydrogens is 362 g/mol. The van der Waals surface area contributed by atoms with Gasteiger partial charge in [0.25, 0.3) is 0 Å². The van der Waals surface area contributed by atoms with Crippen molar-refractivity contribution in [3.63, 3.8) is 0 Å². The van der Waals surface area contributed by atoms with Crippen LogP contribution in [0.4, 0.5) is 0 Å². The molecule has 2 aromatic heterocycles. The van der Waals surface area contributed by atoms with E-state index < -0.39 is 0 Å². The Bertz CT molecular complexity index is 1150. The topological polar surface area (TPSA) is 64.3 Å². The van der Waals surface area contributed by atoms with Crippen molar-refractivity contribution in [1.29, 1.82) is 0 Å². The Balaban J connectivity index is 1.74. The number of ether oxygens (including phenoxy) is 1. The van der Waals surface area contributed by atoms with Gasteiger partial charge in [0.05, 0.1) is 34.5 Å². The monoisotopic (exact) mass is 379 g/mol. The van der Waals surface area contributed by atoms with E-state index in [-0.39, 0.29) is 6.10 Å². The Morgan fingerprint density at radius 2 is 2.07 bits per heavy atom. The molecule has 1 saturated heterocycles. The summed E-state index contributed by atoms with van der Waals surface area (Å²) < 4.78 is 7.93. The second-order valence-electron chi connectivity index (χ2n) is 6.67. The van der Waals surface area contributed by atoms with Crippen LogP contribution in [0.1, 0.15) is 17.4 Å². The van der Waals surface area contributed by atoms with Gasteiger partial charge in [0, 0.05) is 18.7 Å². The zero-order chi connectivity index (χ0) is 18.4. The van der Waals surface area contributed by atoms with Crippen LogP contribution in [0.2, 0.25) is 5.02 Å². The largest absolute Gasteiger partial charge is 0.371 e. The fraction of sp³-hybridized carbons (Fsp3) is 0.250. The van der Waals surface area contributed by atoms with Crippen molar-refractivity contribution in [1.82, 2.24) is 24.9 Å². The number of aromatic nitrogens is 4. The van der Waals surface area contributed by atoms with Crippen molar-refractivity contribution in [2.75, 3.05) is 19.7 Å². The van der Waals surface area contributed by atoms with Gasteiger partial charge in [-0.2, -0.15) is 0 Å². The van der Waals surface area contributed by atoms with Gasteiger partial charge in [-0.15, -0.1) is 10.2 Å². The average molecular weight is 380 g/mol. The van der Waals surface area contributed by atoms with Crippen LogP contribution in [0.25, 0.3) is 28.1 Å². The lowest BCUT2D eigenvalue weighted by atomic mass is 10.0. The molecule has 0 saturated carbocycles. The summed E-state index contributed by atoms with van der Waals surface area (Å²) in [5.41, 5.74) is 5.34. The summed E-state index contributed by atoms with van der Waals surface area (Å²) in [4.78, 5) is 4.64. The molecule has 1 unspecified atom stereocenters. The second kappa shape index (κ2) is 6.56. The zero-order valence-corrected chi connectivity index (χ0v) is 15.6. The van der Waals surface area contributed by atoms with Crippen molar-refractivity contribution < 1.29 is 4.74 Å². The summed E-state index contributed by atoms with van der Waals surface area (Å²) in [7, 11) is 0. The molecule has 7 heteroatoms. The maximum Gasteiger partial charge on any atom is 0.183 e. The van der Waals surface area contributed by atoms with Crippen LogP contribution < -0.4 is 5.32 Å². The molecule has 2 aromatic carbocycles. The smallest absolute Gasteiger partial charge is 0.183 e. The van der Waals surface area contributed by atoms with Crippen LogP contribution in [0.3, 0.4) is 0 Å². The van der Waals surface area contributed by atoms with E-state index in [2.05, 4.69) is 26.6 Å². The molecule has 1 aliphatic rings. The Hall–Kier alpha value is -2.54. The number of halogens is 1. The van der Waals surface area contributed by atoms with E-state index in [4.69, 9.17) is 16.3 Å². The lowest BCUT2D eigenvalue weighted by Crippen LogP contribution is -2.33. The highest BCUT2D eigenvalue weighted by atomic mass is 35.5. The van der Waals surface area contributed by atoms with Gasteiger partial charge in [-0.3, -0.25) is 4.40 Å². The van der Waals surface area contributed by atoms with E-state index in [0.717, 1.165) is 46.6 Å². The van der Waals surface area contributed by atoms with E-state index in [1.165, 1.54) is 0 Å². The van der Waals surface area contributed by atoms with Crippen molar-refractivity contribution in [2.45, 2.75) is 13.0 Å². The van der Waals surface area contributed by atoms with Crippen LogP contribution in [0, 0.1) is 6.92 Å². The molecule has 1 fully saturated rings. The highest BCUT2D eigenvalue weighted by molar-refractivity contribution is 6.33. The lowest BCUT2D eigenvalue weighted by Gasteiger charge is -2.24. The van der Waals surface area contributed by atoms with Crippen molar-refractivity contribution >= 4 is 28.3 Å². The van der Waals surface area contributed by atoms with Gasteiger partial charge in [-0.1, -0.05) is 29.8 Å². The first-order valence-corrected chi connectivity index (χ1v) is 9.33. The third-order valence-corrected chi connectivity index (χ3v) is 5.26. The fourth-order valence-corrected chi connectivity index (χ4v) is 3.80. The molecule has 1 N–H and O–H groups in total. The summed E-state index contributed by atoms with van der Waals surface area (Å²) >= 11 is 6.56. The van der Waals surface area contributed by atoms with Crippen LogP contribution in [-0.2, 0) is 4.74 Å². The minimum absolute atomic E-state index is 0.00843. The number of hydrogen-bond donors (Lipinski definition) is 1. The molecule has 0 radical (unpaired) electrons. The number of rotatable bonds is 2. The average Bonchev–Trinajstić information content (AvgIpc) is 3.15. The van der Waals surface area contributed by atoms with E-state index in [1.807, 2.05) is 47.7 Å². The predicted molar refractivity (Wildman–Crippen MR) is 105 cm³/mol. The van der Waals surface area contributed by atoms with E-state index in [0.29, 0.717) is 17.5 Å². The van der Waals surface area contributed by atoms with Crippen LogP contribution in [0.15, 0.2) is 42.5 Å². The zero-order valence-electron chi connectivity index (χ0n) is 14.8. The molecule has 4 aromatic rings. The molecule has 0 bridgehead atoms. The third kappa shape index (κ3) is 2.77. The highest BCUT2D eigenvalue weighted by Gasteiger charge is 2.20.